The molecule has 0 spiro atoms. The number of benzene rings is 1. The molecule has 1 heterocycles. The summed E-state index contributed by atoms with van der Waals surface area (Å²) in [6.07, 6.45) is 0.722. The number of carboxylic acids is 1. The molecule has 0 bridgehead atoms. The fraction of sp³-hybridized carbons (Fsp3) is 0.364. The second-order valence-corrected chi connectivity index (χ2v) is 4.34. The summed E-state index contributed by atoms with van der Waals surface area (Å²) in [6.45, 7) is 2.16. The van der Waals surface area contributed by atoms with E-state index in [4.69, 9.17) is 14.6 Å². The summed E-state index contributed by atoms with van der Waals surface area (Å²) in [5.41, 5.74) is 1.68. The first-order valence-corrected chi connectivity index (χ1v) is 5.74. The lowest BCUT2D eigenvalue weighted by molar-refractivity contribution is -0.136. The molecule has 5 heteroatoms. The number of hydrogen-bond acceptors (Lipinski definition) is 3. The lowest BCUT2D eigenvalue weighted by Gasteiger charge is -2.10. The van der Waals surface area contributed by atoms with Crippen molar-refractivity contribution in [1.82, 2.24) is 0 Å². The predicted octanol–water partition coefficient (Wildman–Crippen LogP) is 2.37. The Labute approximate surface area is 101 Å². The van der Waals surface area contributed by atoms with Crippen molar-refractivity contribution in [2.24, 2.45) is 0 Å². The summed E-state index contributed by atoms with van der Waals surface area (Å²) in [6, 6.07) is 1.79. The molecular weight excluding hydrogens is 276 g/mol. The zero-order valence-corrected chi connectivity index (χ0v) is 10.3. The quantitative estimate of drug-likeness (QED) is 0.927. The Morgan fingerprint density at radius 1 is 1.50 bits per heavy atom. The van der Waals surface area contributed by atoms with E-state index in [1.54, 1.807) is 6.07 Å². The van der Waals surface area contributed by atoms with Crippen molar-refractivity contribution in [2.75, 3.05) is 6.79 Å². The van der Waals surface area contributed by atoms with E-state index in [9.17, 15) is 4.79 Å². The van der Waals surface area contributed by atoms with Gasteiger partial charge in [0.1, 0.15) is 0 Å². The fourth-order valence-electron chi connectivity index (χ4n) is 1.84. The van der Waals surface area contributed by atoms with E-state index < -0.39 is 5.97 Å². The van der Waals surface area contributed by atoms with E-state index in [0.29, 0.717) is 11.5 Å². The molecule has 0 atom stereocenters. The topological polar surface area (TPSA) is 55.8 Å². The van der Waals surface area contributed by atoms with Crippen molar-refractivity contribution in [1.29, 1.82) is 0 Å². The van der Waals surface area contributed by atoms with Crippen molar-refractivity contribution in [3.05, 3.63) is 21.7 Å². The van der Waals surface area contributed by atoms with Crippen molar-refractivity contribution in [3.8, 4) is 11.5 Å². The summed E-state index contributed by atoms with van der Waals surface area (Å²) >= 11 is 3.35. The summed E-state index contributed by atoms with van der Waals surface area (Å²) in [5, 5.41) is 8.84. The Bertz CT molecular complexity index is 442. The highest BCUT2D eigenvalue weighted by atomic mass is 79.9. The standard InChI is InChI=1S/C11H11BrO4/c1-2-7-6(4-9(13)14)3-8(12)11-10(7)15-5-16-11/h3H,2,4-5H2,1H3,(H,13,14). The minimum absolute atomic E-state index is 0.00157. The minimum Gasteiger partial charge on any atom is -0.481 e. The highest BCUT2D eigenvalue weighted by Crippen LogP contribution is 2.43. The number of halogens is 1. The van der Waals surface area contributed by atoms with Crippen LogP contribution in [0, 0.1) is 0 Å². The van der Waals surface area contributed by atoms with Gasteiger partial charge in [-0.25, -0.2) is 0 Å². The molecular formula is C11H11BrO4. The second kappa shape index (κ2) is 4.33. The first-order chi connectivity index (χ1) is 7.63. The third-order valence-electron chi connectivity index (χ3n) is 2.49. The molecule has 0 amide bonds. The highest BCUT2D eigenvalue weighted by Gasteiger charge is 2.23. The number of fused-ring (bicyclic) bond motifs is 1. The van der Waals surface area contributed by atoms with Gasteiger partial charge in [0, 0.05) is 5.56 Å². The molecule has 0 saturated carbocycles. The Balaban J connectivity index is 2.53. The van der Waals surface area contributed by atoms with E-state index >= 15 is 0 Å². The lowest BCUT2D eigenvalue weighted by atomic mass is 10.0. The predicted molar refractivity (Wildman–Crippen MR) is 61.0 cm³/mol. The number of aliphatic carboxylic acids is 1. The molecule has 0 fully saturated rings. The molecule has 0 radical (unpaired) electrons. The van der Waals surface area contributed by atoms with Gasteiger partial charge in [-0.15, -0.1) is 0 Å². The van der Waals surface area contributed by atoms with Gasteiger partial charge in [-0.1, -0.05) is 6.92 Å². The smallest absolute Gasteiger partial charge is 0.307 e. The number of carbonyl (C=O) groups is 1. The van der Waals surface area contributed by atoms with E-state index in [-0.39, 0.29) is 13.2 Å². The Hall–Kier alpha value is -1.23. The molecule has 86 valence electrons. The van der Waals surface area contributed by atoms with Gasteiger partial charge in [0.05, 0.1) is 10.9 Å². The largest absolute Gasteiger partial charge is 0.481 e. The molecule has 0 saturated heterocycles. The van der Waals surface area contributed by atoms with Gasteiger partial charge in [0.25, 0.3) is 0 Å². The third-order valence-corrected chi connectivity index (χ3v) is 3.08. The lowest BCUT2D eigenvalue weighted by Crippen LogP contribution is -2.04. The molecule has 1 aliphatic rings. The van der Waals surface area contributed by atoms with Crippen LogP contribution < -0.4 is 9.47 Å². The van der Waals surface area contributed by atoms with Gasteiger partial charge in [-0.05, 0) is 34.0 Å². The number of carboxylic acid groups (broad SMARTS) is 1. The molecule has 16 heavy (non-hydrogen) atoms. The number of rotatable bonds is 3. The average Bonchev–Trinajstić information content (AvgIpc) is 2.66. The van der Waals surface area contributed by atoms with Gasteiger partial charge in [-0.3, -0.25) is 4.79 Å². The third kappa shape index (κ3) is 1.87. The molecule has 4 nitrogen and oxygen atoms in total. The normalized spacial score (nSPS) is 12.9. The first-order valence-electron chi connectivity index (χ1n) is 4.95. The monoisotopic (exact) mass is 286 g/mol. The zero-order valence-electron chi connectivity index (χ0n) is 8.75. The molecule has 1 aliphatic heterocycles. The molecule has 1 aromatic carbocycles. The van der Waals surface area contributed by atoms with Crippen LogP contribution in [0.5, 0.6) is 11.5 Å². The minimum atomic E-state index is -0.847. The SMILES string of the molecule is CCc1c(CC(=O)O)cc(Br)c2c1OCO2. The van der Waals surface area contributed by atoms with Crippen molar-refractivity contribution in [2.45, 2.75) is 19.8 Å². The number of hydrogen-bond donors (Lipinski definition) is 1. The van der Waals surface area contributed by atoms with E-state index in [2.05, 4.69) is 15.9 Å². The Kier molecular flexibility index (Phi) is 3.05. The van der Waals surface area contributed by atoms with Crippen LogP contribution >= 0.6 is 15.9 Å². The second-order valence-electron chi connectivity index (χ2n) is 3.48. The van der Waals surface area contributed by atoms with Crippen molar-refractivity contribution >= 4 is 21.9 Å². The van der Waals surface area contributed by atoms with Gasteiger partial charge in [0.2, 0.25) is 6.79 Å². The van der Waals surface area contributed by atoms with Crippen LogP contribution in [0.15, 0.2) is 10.5 Å². The Morgan fingerprint density at radius 3 is 2.81 bits per heavy atom. The van der Waals surface area contributed by atoms with E-state index in [1.165, 1.54) is 0 Å². The van der Waals surface area contributed by atoms with Crippen LogP contribution in [0.2, 0.25) is 0 Å². The average molecular weight is 287 g/mol. The van der Waals surface area contributed by atoms with Crippen molar-refractivity contribution in [3.63, 3.8) is 0 Å². The Morgan fingerprint density at radius 2 is 2.19 bits per heavy atom. The van der Waals surface area contributed by atoms with Gasteiger partial charge in [0.15, 0.2) is 11.5 Å². The maximum atomic E-state index is 10.8. The molecule has 2 rings (SSSR count). The van der Waals surface area contributed by atoms with E-state index in [0.717, 1.165) is 22.0 Å². The maximum absolute atomic E-state index is 10.8. The molecule has 0 unspecified atom stereocenters. The molecule has 1 N–H and O–H groups in total. The van der Waals surface area contributed by atoms with Crippen LogP contribution in [0.3, 0.4) is 0 Å². The van der Waals surface area contributed by atoms with Crippen LogP contribution in [0.1, 0.15) is 18.1 Å². The van der Waals surface area contributed by atoms with Gasteiger partial charge in [-0.2, -0.15) is 0 Å². The number of ether oxygens (including phenoxy) is 2. The summed E-state index contributed by atoms with van der Waals surface area (Å²) in [4.78, 5) is 10.8. The van der Waals surface area contributed by atoms with Gasteiger partial charge >= 0.3 is 5.97 Å². The summed E-state index contributed by atoms with van der Waals surface area (Å²) in [5.74, 6) is 0.500. The molecule has 0 aliphatic carbocycles. The van der Waals surface area contributed by atoms with Crippen LogP contribution in [0.25, 0.3) is 0 Å². The van der Waals surface area contributed by atoms with Crippen LogP contribution in [-0.2, 0) is 17.6 Å². The summed E-state index contributed by atoms with van der Waals surface area (Å²) in [7, 11) is 0. The fourth-order valence-corrected chi connectivity index (χ4v) is 2.41. The summed E-state index contributed by atoms with van der Waals surface area (Å²) < 4.78 is 11.4. The molecule has 1 aromatic rings. The maximum Gasteiger partial charge on any atom is 0.307 e. The zero-order chi connectivity index (χ0) is 11.7. The van der Waals surface area contributed by atoms with Crippen LogP contribution in [0.4, 0.5) is 0 Å². The van der Waals surface area contributed by atoms with Crippen LogP contribution in [-0.4, -0.2) is 17.9 Å². The molecule has 0 aromatic heterocycles. The van der Waals surface area contributed by atoms with Crippen molar-refractivity contribution < 1.29 is 19.4 Å². The first kappa shape index (κ1) is 11.3. The van der Waals surface area contributed by atoms with Gasteiger partial charge < -0.3 is 14.6 Å². The highest BCUT2D eigenvalue weighted by molar-refractivity contribution is 9.10. The van der Waals surface area contributed by atoms with E-state index in [1.807, 2.05) is 6.92 Å².